The fourth-order valence-electron chi connectivity index (χ4n) is 2.66. The summed E-state index contributed by atoms with van der Waals surface area (Å²) in [5.74, 6) is 0.219. The molecule has 4 nitrogen and oxygen atoms in total. The van der Waals surface area contributed by atoms with Crippen LogP contribution in [0.4, 0.5) is 0 Å². The van der Waals surface area contributed by atoms with Gasteiger partial charge in [0.25, 0.3) is 0 Å². The van der Waals surface area contributed by atoms with Crippen LogP contribution >= 0.6 is 0 Å². The van der Waals surface area contributed by atoms with E-state index in [2.05, 4.69) is 6.92 Å². The standard InChI is InChI=1S/C21H40O4/c1-2-3-4-5-6-7-8-9-10-12-15-20(23)16-13-11-14-17-25-19-21(24)18-22/h13,16,21-22,24H,2-12,14-15,17-19H2,1H3/t21-/m0/s1. The van der Waals surface area contributed by atoms with E-state index in [1.54, 1.807) is 6.08 Å². The molecule has 0 unspecified atom stereocenters. The molecule has 0 heterocycles. The maximum atomic E-state index is 11.7. The third kappa shape index (κ3) is 19.5. The highest BCUT2D eigenvalue weighted by molar-refractivity contribution is 5.89. The number of carbonyl (C=O) groups is 1. The lowest BCUT2D eigenvalue weighted by atomic mass is 10.0. The number of aliphatic hydroxyl groups is 2. The van der Waals surface area contributed by atoms with Gasteiger partial charge in [0.1, 0.15) is 6.10 Å². The smallest absolute Gasteiger partial charge is 0.155 e. The highest BCUT2D eigenvalue weighted by atomic mass is 16.5. The van der Waals surface area contributed by atoms with Crippen LogP contribution in [-0.2, 0) is 9.53 Å². The zero-order valence-electron chi connectivity index (χ0n) is 16.3. The van der Waals surface area contributed by atoms with Gasteiger partial charge in [-0.2, -0.15) is 0 Å². The molecule has 0 rings (SSSR count). The van der Waals surface area contributed by atoms with Crippen LogP contribution in [0.25, 0.3) is 0 Å². The minimum absolute atomic E-state index is 0.165. The van der Waals surface area contributed by atoms with Crippen molar-refractivity contribution in [3.05, 3.63) is 12.2 Å². The van der Waals surface area contributed by atoms with Gasteiger partial charge in [0.15, 0.2) is 5.78 Å². The molecule has 0 spiro atoms. The summed E-state index contributed by atoms with van der Waals surface area (Å²) in [7, 11) is 0. The first-order chi connectivity index (χ1) is 12.2. The Balaban J connectivity index is 3.29. The molecular weight excluding hydrogens is 316 g/mol. The van der Waals surface area contributed by atoms with Gasteiger partial charge in [-0.25, -0.2) is 0 Å². The molecule has 0 aliphatic rings. The number of hydrogen-bond donors (Lipinski definition) is 2. The van der Waals surface area contributed by atoms with Gasteiger partial charge >= 0.3 is 0 Å². The summed E-state index contributed by atoms with van der Waals surface area (Å²) in [6, 6.07) is 0. The molecule has 1 atom stereocenters. The number of aliphatic hydroxyl groups excluding tert-OH is 2. The summed E-state index contributed by atoms with van der Waals surface area (Å²) in [5.41, 5.74) is 0. The van der Waals surface area contributed by atoms with Crippen molar-refractivity contribution in [3.8, 4) is 0 Å². The average molecular weight is 357 g/mol. The second-order valence-corrected chi connectivity index (χ2v) is 6.85. The third-order valence-corrected chi connectivity index (χ3v) is 4.26. The summed E-state index contributed by atoms with van der Waals surface area (Å²) >= 11 is 0. The Hall–Kier alpha value is -0.710. The average Bonchev–Trinajstić information content (AvgIpc) is 2.62. The molecular formula is C21H40O4. The Bertz CT molecular complexity index is 315. The van der Waals surface area contributed by atoms with Crippen molar-refractivity contribution >= 4 is 5.78 Å². The second-order valence-electron chi connectivity index (χ2n) is 6.85. The predicted octanol–water partition coefficient (Wildman–Crippen LogP) is 4.57. The summed E-state index contributed by atoms with van der Waals surface area (Å²) in [4.78, 5) is 11.7. The van der Waals surface area contributed by atoms with Crippen molar-refractivity contribution < 1.29 is 19.7 Å². The number of allylic oxidation sites excluding steroid dienone is 2. The van der Waals surface area contributed by atoms with Gasteiger partial charge in [-0.1, -0.05) is 70.8 Å². The number of unbranched alkanes of at least 4 members (excludes halogenated alkanes) is 10. The number of rotatable bonds is 19. The second kappa shape index (κ2) is 19.6. The third-order valence-electron chi connectivity index (χ3n) is 4.26. The van der Waals surface area contributed by atoms with E-state index < -0.39 is 6.10 Å². The van der Waals surface area contributed by atoms with Crippen LogP contribution in [0, 0.1) is 0 Å². The maximum Gasteiger partial charge on any atom is 0.155 e. The summed E-state index contributed by atoms with van der Waals surface area (Å²) in [6.45, 7) is 2.68. The first-order valence-corrected chi connectivity index (χ1v) is 10.3. The SMILES string of the molecule is CCCCCCCCCCCCC(=O)C=CCCCOC[C@@H](O)CO. The molecule has 0 saturated carbocycles. The fraction of sp³-hybridized carbons (Fsp3) is 0.857. The maximum absolute atomic E-state index is 11.7. The Morgan fingerprint density at radius 2 is 1.56 bits per heavy atom. The molecule has 0 aliphatic carbocycles. The molecule has 2 N–H and O–H groups in total. The molecule has 0 aromatic carbocycles. The molecule has 0 aromatic heterocycles. The zero-order valence-corrected chi connectivity index (χ0v) is 16.3. The molecule has 0 aromatic rings. The molecule has 0 saturated heterocycles. The van der Waals surface area contributed by atoms with Crippen LogP contribution in [-0.4, -0.2) is 41.9 Å². The van der Waals surface area contributed by atoms with Gasteiger partial charge in [-0.05, 0) is 25.3 Å². The number of ketones is 1. The van der Waals surface area contributed by atoms with E-state index in [1.165, 1.54) is 51.4 Å². The Morgan fingerprint density at radius 3 is 2.16 bits per heavy atom. The van der Waals surface area contributed by atoms with Gasteiger partial charge in [0.2, 0.25) is 0 Å². The highest BCUT2D eigenvalue weighted by Gasteiger charge is 2.00. The molecule has 25 heavy (non-hydrogen) atoms. The molecule has 0 radical (unpaired) electrons. The summed E-state index contributed by atoms with van der Waals surface area (Å²) in [5, 5.41) is 17.7. The van der Waals surface area contributed by atoms with Crippen molar-refractivity contribution in [1.82, 2.24) is 0 Å². The van der Waals surface area contributed by atoms with Gasteiger partial charge in [0.05, 0.1) is 13.2 Å². The number of ether oxygens (including phenoxy) is 1. The van der Waals surface area contributed by atoms with Gasteiger partial charge in [-0.15, -0.1) is 0 Å². The topological polar surface area (TPSA) is 66.8 Å². The predicted molar refractivity (Wildman–Crippen MR) is 104 cm³/mol. The molecule has 0 amide bonds. The summed E-state index contributed by atoms with van der Waals surface area (Å²) < 4.78 is 5.20. The van der Waals surface area contributed by atoms with Crippen molar-refractivity contribution in [3.63, 3.8) is 0 Å². The lowest BCUT2D eigenvalue weighted by Gasteiger charge is -2.06. The Kier molecular flexibility index (Phi) is 19.1. The van der Waals surface area contributed by atoms with E-state index in [1.807, 2.05) is 6.08 Å². The first kappa shape index (κ1) is 24.3. The molecule has 148 valence electrons. The molecule has 0 aliphatic heterocycles. The van der Waals surface area contributed by atoms with Gasteiger partial charge in [0, 0.05) is 13.0 Å². The van der Waals surface area contributed by atoms with E-state index in [4.69, 9.17) is 14.9 Å². The van der Waals surface area contributed by atoms with Gasteiger partial charge in [-0.3, -0.25) is 4.79 Å². The normalized spacial score (nSPS) is 12.8. The van der Waals surface area contributed by atoms with Crippen LogP contribution in [0.15, 0.2) is 12.2 Å². The van der Waals surface area contributed by atoms with Crippen LogP contribution in [0.2, 0.25) is 0 Å². The Morgan fingerprint density at radius 1 is 0.960 bits per heavy atom. The minimum Gasteiger partial charge on any atom is -0.394 e. The van der Waals surface area contributed by atoms with Gasteiger partial charge < -0.3 is 14.9 Å². The van der Waals surface area contributed by atoms with Crippen molar-refractivity contribution in [1.29, 1.82) is 0 Å². The minimum atomic E-state index is -0.793. The molecule has 4 heteroatoms. The molecule has 0 bridgehead atoms. The Labute approximate surface area is 154 Å². The van der Waals surface area contributed by atoms with Crippen molar-refractivity contribution in [2.45, 2.75) is 96.5 Å². The van der Waals surface area contributed by atoms with E-state index in [0.717, 1.165) is 25.7 Å². The van der Waals surface area contributed by atoms with Crippen LogP contribution < -0.4 is 0 Å². The highest BCUT2D eigenvalue weighted by Crippen LogP contribution is 2.11. The van der Waals surface area contributed by atoms with Crippen LogP contribution in [0.3, 0.4) is 0 Å². The van der Waals surface area contributed by atoms with E-state index in [9.17, 15) is 4.79 Å². The first-order valence-electron chi connectivity index (χ1n) is 10.3. The molecule has 0 fully saturated rings. The number of hydrogen-bond acceptors (Lipinski definition) is 4. The van der Waals surface area contributed by atoms with Crippen molar-refractivity contribution in [2.24, 2.45) is 0 Å². The lowest BCUT2D eigenvalue weighted by molar-refractivity contribution is -0.114. The van der Waals surface area contributed by atoms with Crippen LogP contribution in [0.5, 0.6) is 0 Å². The summed E-state index contributed by atoms with van der Waals surface area (Å²) in [6.07, 6.45) is 18.0. The van der Waals surface area contributed by atoms with E-state index in [-0.39, 0.29) is 19.0 Å². The quantitative estimate of drug-likeness (QED) is 0.263. The van der Waals surface area contributed by atoms with Crippen LogP contribution in [0.1, 0.15) is 90.4 Å². The van der Waals surface area contributed by atoms with E-state index in [0.29, 0.717) is 13.0 Å². The lowest BCUT2D eigenvalue weighted by Crippen LogP contribution is -2.19. The van der Waals surface area contributed by atoms with E-state index >= 15 is 0 Å². The zero-order chi connectivity index (χ0) is 18.6. The largest absolute Gasteiger partial charge is 0.394 e. The monoisotopic (exact) mass is 356 g/mol. The fourth-order valence-corrected chi connectivity index (χ4v) is 2.66. The van der Waals surface area contributed by atoms with Crippen molar-refractivity contribution in [2.75, 3.05) is 19.8 Å². The number of carbonyl (C=O) groups excluding carboxylic acids is 1.